The minimum Gasteiger partial charge on any atom is -0.481 e. The van der Waals surface area contributed by atoms with E-state index in [1.165, 1.54) is 0 Å². The van der Waals surface area contributed by atoms with Crippen LogP contribution in [0.5, 0.6) is 0 Å². The van der Waals surface area contributed by atoms with E-state index >= 15 is 0 Å². The maximum atomic E-state index is 11.1. The predicted molar refractivity (Wildman–Crippen MR) is 91.4 cm³/mol. The average molecular weight is 336 g/mol. The molecule has 0 amide bonds. The molecule has 0 bridgehead atoms. The molecule has 0 aliphatic heterocycles. The van der Waals surface area contributed by atoms with Gasteiger partial charge in [0.15, 0.2) is 0 Å². The Balaban J connectivity index is 2.58. The summed E-state index contributed by atoms with van der Waals surface area (Å²) < 4.78 is 0. The monoisotopic (exact) mass is 335 g/mol. The zero-order valence-electron chi connectivity index (χ0n) is 11.8. The van der Waals surface area contributed by atoms with E-state index in [1.807, 2.05) is 23.1 Å². The van der Waals surface area contributed by atoms with Crippen molar-refractivity contribution in [3.8, 4) is 0 Å². The summed E-state index contributed by atoms with van der Waals surface area (Å²) in [4.78, 5) is 13.0. The molecule has 0 unspecified atom stereocenters. The summed E-state index contributed by atoms with van der Waals surface area (Å²) in [7, 11) is 0. The molecule has 114 valence electrons. The molecule has 0 spiro atoms. The van der Waals surface area contributed by atoms with E-state index in [2.05, 4.69) is 6.58 Å². The smallest absolute Gasteiger partial charge is 0.307 e. The van der Waals surface area contributed by atoms with Gasteiger partial charge in [-0.15, -0.1) is 6.58 Å². The van der Waals surface area contributed by atoms with Gasteiger partial charge >= 0.3 is 5.97 Å². The molecule has 2 aromatic carbocycles. The first kappa shape index (κ1) is 16.4. The summed E-state index contributed by atoms with van der Waals surface area (Å²) in [5.74, 6) is -0.892. The number of carboxylic acid groups (broad SMARTS) is 1. The van der Waals surface area contributed by atoms with Gasteiger partial charge in [0.05, 0.1) is 22.2 Å². The number of hydrogen-bond donors (Lipinski definition) is 1. The van der Waals surface area contributed by atoms with Crippen molar-refractivity contribution in [2.75, 3.05) is 11.4 Å². The molecule has 22 heavy (non-hydrogen) atoms. The minimum absolute atomic E-state index is 0.0775. The lowest BCUT2D eigenvalue weighted by molar-refractivity contribution is -0.136. The Morgan fingerprint density at radius 1 is 1.14 bits per heavy atom. The van der Waals surface area contributed by atoms with Crippen molar-refractivity contribution >= 4 is 40.5 Å². The molecule has 0 saturated carbocycles. The van der Waals surface area contributed by atoms with Crippen molar-refractivity contribution in [2.45, 2.75) is 6.42 Å². The Morgan fingerprint density at radius 2 is 1.77 bits per heavy atom. The van der Waals surface area contributed by atoms with E-state index < -0.39 is 5.97 Å². The topological polar surface area (TPSA) is 40.5 Å². The van der Waals surface area contributed by atoms with E-state index in [4.69, 9.17) is 28.3 Å². The van der Waals surface area contributed by atoms with Crippen molar-refractivity contribution in [3.05, 3.63) is 70.7 Å². The molecule has 0 fully saturated rings. The van der Waals surface area contributed by atoms with Crippen LogP contribution in [-0.4, -0.2) is 17.6 Å². The van der Waals surface area contributed by atoms with E-state index in [-0.39, 0.29) is 6.42 Å². The Hall–Kier alpha value is -1.97. The third-order valence-electron chi connectivity index (χ3n) is 3.14. The lowest BCUT2D eigenvalue weighted by Crippen LogP contribution is -2.20. The third-order valence-corrected chi connectivity index (χ3v) is 3.75. The van der Waals surface area contributed by atoms with Crippen LogP contribution < -0.4 is 4.90 Å². The van der Waals surface area contributed by atoms with E-state index in [0.717, 1.165) is 5.69 Å². The fourth-order valence-corrected chi connectivity index (χ4v) is 2.87. The number of halogens is 2. The molecule has 0 heterocycles. The molecular formula is C17H15Cl2NO2. The standard InChI is InChI=1S/C17H15Cl2NO2/c1-2-10-20(17-13(18)7-5-8-14(17)19)15-9-4-3-6-12(15)11-16(21)22/h2-9H,1,10-11H2,(H,21,22). The molecule has 0 saturated heterocycles. The Morgan fingerprint density at radius 3 is 2.36 bits per heavy atom. The largest absolute Gasteiger partial charge is 0.481 e. The number of nitrogens with zero attached hydrogens (tertiary/aromatic N) is 1. The van der Waals surface area contributed by atoms with Gasteiger partial charge in [-0.1, -0.05) is 53.5 Å². The molecule has 0 radical (unpaired) electrons. The summed E-state index contributed by atoms with van der Waals surface area (Å²) in [5.41, 5.74) is 2.08. The van der Waals surface area contributed by atoms with Crippen LogP contribution in [0.2, 0.25) is 10.0 Å². The van der Waals surface area contributed by atoms with Gasteiger partial charge in [0.2, 0.25) is 0 Å². The molecule has 3 nitrogen and oxygen atoms in total. The van der Waals surface area contributed by atoms with Gasteiger partial charge in [-0.25, -0.2) is 0 Å². The van der Waals surface area contributed by atoms with Crippen molar-refractivity contribution in [1.29, 1.82) is 0 Å². The number of rotatable bonds is 6. The van der Waals surface area contributed by atoms with Crippen molar-refractivity contribution < 1.29 is 9.90 Å². The van der Waals surface area contributed by atoms with Gasteiger partial charge in [-0.2, -0.15) is 0 Å². The van der Waals surface area contributed by atoms with Gasteiger partial charge < -0.3 is 10.0 Å². The number of carboxylic acids is 1. The second-order valence-electron chi connectivity index (χ2n) is 4.67. The SMILES string of the molecule is C=CCN(c1ccccc1CC(=O)O)c1c(Cl)cccc1Cl. The minimum atomic E-state index is -0.892. The van der Waals surface area contributed by atoms with E-state index in [1.54, 1.807) is 30.3 Å². The van der Waals surface area contributed by atoms with E-state index in [0.29, 0.717) is 27.8 Å². The summed E-state index contributed by atoms with van der Waals surface area (Å²) >= 11 is 12.6. The number of para-hydroxylation sites is 2. The highest BCUT2D eigenvalue weighted by Crippen LogP contribution is 2.39. The van der Waals surface area contributed by atoms with Crippen LogP contribution in [0.15, 0.2) is 55.1 Å². The Labute approximate surface area is 139 Å². The lowest BCUT2D eigenvalue weighted by atomic mass is 10.1. The maximum absolute atomic E-state index is 11.1. The number of aliphatic carboxylic acids is 1. The van der Waals surface area contributed by atoms with Crippen LogP contribution >= 0.6 is 23.2 Å². The van der Waals surface area contributed by atoms with Crippen LogP contribution in [0.3, 0.4) is 0 Å². The first-order valence-electron chi connectivity index (χ1n) is 6.66. The third kappa shape index (κ3) is 3.62. The second kappa shape index (κ2) is 7.34. The molecule has 1 N–H and O–H groups in total. The van der Waals surface area contributed by atoms with Crippen molar-refractivity contribution in [3.63, 3.8) is 0 Å². The Kier molecular flexibility index (Phi) is 5.47. The zero-order valence-corrected chi connectivity index (χ0v) is 13.3. The van der Waals surface area contributed by atoms with Gasteiger partial charge in [-0.3, -0.25) is 4.79 Å². The molecule has 2 aromatic rings. The first-order valence-corrected chi connectivity index (χ1v) is 7.42. The molecule has 0 atom stereocenters. The van der Waals surface area contributed by atoms with Crippen molar-refractivity contribution in [1.82, 2.24) is 0 Å². The fraction of sp³-hybridized carbons (Fsp3) is 0.118. The number of benzene rings is 2. The quantitative estimate of drug-likeness (QED) is 0.759. The number of hydrogen-bond acceptors (Lipinski definition) is 2. The summed E-state index contributed by atoms with van der Waals surface area (Å²) in [6.45, 7) is 4.22. The fourth-order valence-electron chi connectivity index (χ4n) is 2.27. The summed E-state index contributed by atoms with van der Waals surface area (Å²) in [6.07, 6.45) is 1.64. The highest BCUT2D eigenvalue weighted by molar-refractivity contribution is 6.39. The maximum Gasteiger partial charge on any atom is 0.307 e. The van der Waals surface area contributed by atoms with Crippen molar-refractivity contribution in [2.24, 2.45) is 0 Å². The number of anilines is 2. The normalized spacial score (nSPS) is 10.3. The first-order chi connectivity index (χ1) is 10.5. The number of carbonyl (C=O) groups is 1. The van der Waals surface area contributed by atoms with Gasteiger partial charge in [0.25, 0.3) is 0 Å². The van der Waals surface area contributed by atoms with Gasteiger partial charge in [0.1, 0.15) is 0 Å². The molecule has 2 rings (SSSR count). The summed E-state index contributed by atoms with van der Waals surface area (Å²) in [5, 5.41) is 10.1. The molecular weight excluding hydrogens is 321 g/mol. The van der Waals surface area contributed by atoms with Crippen LogP contribution in [0.4, 0.5) is 11.4 Å². The van der Waals surface area contributed by atoms with Crippen LogP contribution in [-0.2, 0) is 11.2 Å². The summed E-state index contributed by atoms with van der Waals surface area (Å²) in [6, 6.07) is 12.6. The average Bonchev–Trinajstić information content (AvgIpc) is 2.46. The van der Waals surface area contributed by atoms with Gasteiger partial charge in [-0.05, 0) is 23.8 Å². The van der Waals surface area contributed by atoms with E-state index in [9.17, 15) is 4.79 Å². The van der Waals surface area contributed by atoms with Crippen LogP contribution in [0.25, 0.3) is 0 Å². The molecule has 0 aliphatic rings. The Bertz CT molecular complexity index is 681. The highest BCUT2D eigenvalue weighted by atomic mass is 35.5. The van der Waals surface area contributed by atoms with Crippen LogP contribution in [0, 0.1) is 0 Å². The van der Waals surface area contributed by atoms with Crippen LogP contribution in [0.1, 0.15) is 5.56 Å². The molecule has 5 heteroatoms. The molecule has 0 aliphatic carbocycles. The van der Waals surface area contributed by atoms with Gasteiger partial charge in [0, 0.05) is 12.2 Å². The predicted octanol–water partition coefficient (Wildman–Crippen LogP) is 4.94. The zero-order chi connectivity index (χ0) is 16.1. The molecule has 0 aromatic heterocycles. The lowest BCUT2D eigenvalue weighted by Gasteiger charge is -2.27. The second-order valence-corrected chi connectivity index (χ2v) is 5.48. The highest BCUT2D eigenvalue weighted by Gasteiger charge is 2.18.